The molecule has 1 aromatic heterocycles. The Kier molecular flexibility index (Phi) is 6.81. The van der Waals surface area contributed by atoms with Crippen molar-refractivity contribution < 1.29 is 9.53 Å². The van der Waals surface area contributed by atoms with E-state index in [1.165, 1.54) is 0 Å². The SMILES string of the molecule is Cc1nc(C(C)NCCN(C(=O)OC(C)(C)C)C(C)C)cs1. The third kappa shape index (κ3) is 6.32. The van der Waals surface area contributed by atoms with Gasteiger partial charge >= 0.3 is 6.09 Å². The highest BCUT2D eigenvalue weighted by atomic mass is 32.1. The van der Waals surface area contributed by atoms with Crippen molar-refractivity contribution in [2.75, 3.05) is 13.1 Å². The van der Waals surface area contributed by atoms with Gasteiger partial charge in [-0.2, -0.15) is 0 Å². The largest absolute Gasteiger partial charge is 0.444 e. The van der Waals surface area contributed by atoms with Gasteiger partial charge in [0, 0.05) is 30.6 Å². The van der Waals surface area contributed by atoms with Gasteiger partial charge < -0.3 is 15.0 Å². The molecule has 0 aliphatic heterocycles. The number of nitrogens with zero attached hydrogens (tertiary/aromatic N) is 2. The molecule has 0 aliphatic carbocycles. The van der Waals surface area contributed by atoms with E-state index in [0.717, 1.165) is 10.7 Å². The van der Waals surface area contributed by atoms with E-state index >= 15 is 0 Å². The van der Waals surface area contributed by atoms with Crippen LogP contribution in [0.15, 0.2) is 5.38 Å². The standard InChI is InChI=1S/C16H29N3O2S/c1-11(2)19(15(20)21-16(5,6)7)9-8-17-12(3)14-10-22-13(4)18-14/h10-12,17H,8-9H2,1-7H3. The number of ether oxygens (including phenoxy) is 1. The smallest absolute Gasteiger partial charge is 0.410 e. The van der Waals surface area contributed by atoms with Crippen LogP contribution in [-0.4, -0.2) is 40.7 Å². The quantitative estimate of drug-likeness (QED) is 0.864. The maximum atomic E-state index is 12.2. The van der Waals surface area contributed by atoms with Crippen molar-refractivity contribution in [3.63, 3.8) is 0 Å². The van der Waals surface area contributed by atoms with Crippen molar-refractivity contribution in [2.45, 2.75) is 66.2 Å². The fourth-order valence-electron chi connectivity index (χ4n) is 1.97. The molecule has 1 N–H and O–H groups in total. The average Bonchev–Trinajstić information content (AvgIpc) is 2.78. The molecule has 0 aliphatic rings. The van der Waals surface area contributed by atoms with Crippen LogP contribution in [0.3, 0.4) is 0 Å². The number of thiazole rings is 1. The molecule has 1 amide bonds. The summed E-state index contributed by atoms with van der Waals surface area (Å²) in [5, 5.41) is 6.55. The molecule has 6 heteroatoms. The van der Waals surface area contributed by atoms with Crippen LogP contribution in [0.5, 0.6) is 0 Å². The zero-order valence-electron chi connectivity index (χ0n) is 14.8. The number of aryl methyl sites for hydroxylation is 1. The predicted octanol–water partition coefficient (Wildman–Crippen LogP) is 3.75. The van der Waals surface area contributed by atoms with Gasteiger partial charge in [-0.1, -0.05) is 0 Å². The van der Waals surface area contributed by atoms with Gasteiger partial charge in [0.05, 0.1) is 10.7 Å². The highest BCUT2D eigenvalue weighted by molar-refractivity contribution is 7.09. The van der Waals surface area contributed by atoms with Crippen molar-refractivity contribution in [1.82, 2.24) is 15.2 Å². The lowest BCUT2D eigenvalue weighted by atomic mass is 10.2. The van der Waals surface area contributed by atoms with E-state index in [1.54, 1.807) is 16.2 Å². The topological polar surface area (TPSA) is 54.5 Å². The second-order valence-corrected chi connectivity index (χ2v) is 7.80. The Morgan fingerprint density at radius 1 is 1.41 bits per heavy atom. The zero-order chi connectivity index (χ0) is 16.9. The second kappa shape index (κ2) is 7.92. The number of nitrogens with one attached hydrogen (secondary N) is 1. The fourth-order valence-corrected chi connectivity index (χ4v) is 2.67. The normalized spacial score (nSPS) is 13.3. The monoisotopic (exact) mass is 327 g/mol. The van der Waals surface area contributed by atoms with Crippen molar-refractivity contribution in [3.05, 3.63) is 16.1 Å². The number of carbonyl (C=O) groups excluding carboxylic acids is 1. The molecule has 22 heavy (non-hydrogen) atoms. The maximum Gasteiger partial charge on any atom is 0.410 e. The number of aromatic nitrogens is 1. The number of rotatable bonds is 6. The molecule has 0 saturated carbocycles. The van der Waals surface area contributed by atoms with Gasteiger partial charge in [-0.05, 0) is 48.5 Å². The number of amides is 1. The van der Waals surface area contributed by atoms with E-state index in [0.29, 0.717) is 13.1 Å². The maximum absolute atomic E-state index is 12.2. The Hall–Kier alpha value is -1.14. The first kappa shape index (κ1) is 18.9. The van der Waals surface area contributed by atoms with Crippen LogP contribution in [-0.2, 0) is 4.74 Å². The highest BCUT2D eigenvalue weighted by Crippen LogP contribution is 2.16. The first-order chi connectivity index (χ1) is 10.1. The van der Waals surface area contributed by atoms with Crippen LogP contribution < -0.4 is 5.32 Å². The van der Waals surface area contributed by atoms with Crippen molar-refractivity contribution >= 4 is 17.4 Å². The summed E-state index contributed by atoms with van der Waals surface area (Å²) < 4.78 is 5.46. The first-order valence-corrected chi connectivity index (χ1v) is 8.63. The highest BCUT2D eigenvalue weighted by Gasteiger charge is 2.23. The van der Waals surface area contributed by atoms with Gasteiger partial charge in [-0.25, -0.2) is 9.78 Å². The zero-order valence-corrected chi connectivity index (χ0v) is 15.6. The minimum absolute atomic E-state index is 0.105. The van der Waals surface area contributed by atoms with Gasteiger partial charge in [-0.3, -0.25) is 0 Å². The molecule has 0 radical (unpaired) electrons. The molecule has 1 unspecified atom stereocenters. The third-order valence-electron chi connectivity index (χ3n) is 3.14. The summed E-state index contributed by atoms with van der Waals surface area (Å²) in [6.07, 6.45) is -0.263. The Bertz CT molecular complexity index is 480. The van der Waals surface area contributed by atoms with Crippen LogP contribution in [0.1, 0.15) is 58.3 Å². The van der Waals surface area contributed by atoms with Gasteiger partial charge in [0.15, 0.2) is 0 Å². The molecular formula is C16H29N3O2S. The summed E-state index contributed by atoms with van der Waals surface area (Å²) in [5.74, 6) is 0. The van der Waals surface area contributed by atoms with Gasteiger partial charge in [-0.15, -0.1) is 11.3 Å². The molecule has 1 rings (SSSR count). The molecule has 1 heterocycles. The van der Waals surface area contributed by atoms with Crippen molar-refractivity contribution in [2.24, 2.45) is 0 Å². The van der Waals surface area contributed by atoms with Crippen molar-refractivity contribution in [3.8, 4) is 0 Å². The van der Waals surface area contributed by atoms with E-state index in [2.05, 4.69) is 22.6 Å². The third-order valence-corrected chi connectivity index (χ3v) is 3.93. The molecule has 0 bridgehead atoms. The fraction of sp³-hybridized carbons (Fsp3) is 0.750. The molecule has 126 valence electrons. The summed E-state index contributed by atoms with van der Waals surface area (Å²) in [7, 11) is 0. The lowest BCUT2D eigenvalue weighted by molar-refractivity contribution is 0.0192. The van der Waals surface area contributed by atoms with Gasteiger partial charge in [0.25, 0.3) is 0 Å². The van der Waals surface area contributed by atoms with Gasteiger partial charge in [0.1, 0.15) is 5.60 Å². The molecule has 1 aromatic rings. The van der Waals surface area contributed by atoms with E-state index in [1.807, 2.05) is 41.5 Å². The van der Waals surface area contributed by atoms with E-state index < -0.39 is 5.60 Å². The minimum atomic E-state index is -0.469. The predicted molar refractivity (Wildman–Crippen MR) is 91.3 cm³/mol. The minimum Gasteiger partial charge on any atom is -0.444 e. The first-order valence-electron chi connectivity index (χ1n) is 7.75. The molecule has 0 aromatic carbocycles. The Morgan fingerprint density at radius 2 is 2.05 bits per heavy atom. The Balaban J connectivity index is 2.49. The van der Waals surface area contributed by atoms with Crippen LogP contribution in [0.4, 0.5) is 4.79 Å². The van der Waals surface area contributed by atoms with Crippen LogP contribution >= 0.6 is 11.3 Å². The second-order valence-electron chi connectivity index (χ2n) is 6.73. The van der Waals surface area contributed by atoms with E-state index in [9.17, 15) is 4.79 Å². The van der Waals surface area contributed by atoms with E-state index in [4.69, 9.17) is 4.74 Å². The molecular weight excluding hydrogens is 298 g/mol. The van der Waals surface area contributed by atoms with Crippen LogP contribution in [0.25, 0.3) is 0 Å². The number of hydrogen-bond acceptors (Lipinski definition) is 5. The summed E-state index contributed by atoms with van der Waals surface area (Å²) >= 11 is 1.65. The number of carbonyl (C=O) groups is 1. The number of hydrogen-bond donors (Lipinski definition) is 1. The molecule has 5 nitrogen and oxygen atoms in total. The summed E-state index contributed by atoms with van der Waals surface area (Å²) in [6.45, 7) is 15.0. The van der Waals surface area contributed by atoms with Crippen LogP contribution in [0.2, 0.25) is 0 Å². The summed E-state index contributed by atoms with van der Waals surface area (Å²) in [6, 6.07) is 0.283. The molecule has 0 spiro atoms. The van der Waals surface area contributed by atoms with Gasteiger partial charge in [0.2, 0.25) is 0 Å². The molecule has 0 saturated heterocycles. The Labute approximate surface area is 138 Å². The summed E-state index contributed by atoms with van der Waals surface area (Å²) in [5.41, 5.74) is 0.583. The lowest BCUT2D eigenvalue weighted by Crippen LogP contribution is -2.44. The van der Waals surface area contributed by atoms with E-state index in [-0.39, 0.29) is 18.2 Å². The van der Waals surface area contributed by atoms with Crippen LogP contribution in [0, 0.1) is 6.92 Å². The summed E-state index contributed by atoms with van der Waals surface area (Å²) in [4.78, 5) is 18.4. The van der Waals surface area contributed by atoms with Crippen molar-refractivity contribution in [1.29, 1.82) is 0 Å². The molecule has 0 fully saturated rings. The molecule has 1 atom stereocenters. The average molecular weight is 327 g/mol. The lowest BCUT2D eigenvalue weighted by Gasteiger charge is -2.30. The Morgan fingerprint density at radius 3 is 2.50 bits per heavy atom.